The van der Waals surface area contributed by atoms with Gasteiger partial charge in [-0.05, 0) is 39.0 Å². The molecule has 1 heterocycles. The number of hydrogen-bond donors (Lipinski definition) is 1. The first kappa shape index (κ1) is 20.8. The molecule has 1 saturated heterocycles. The lowest BCUT2D eigenvalue weighted by Gasteiger charge is -2.11. The monoisotopic (exact) mass is 334 g/mol. The van der Waals surface area contributed by atoms with E-state index in [1.165, 1.54) is 25.7 Å². The highest BCUT2D eigenvalue weighted by Crippen LogP contribution is 2.26. The zero-order valence-electron chi connectivity index (χ0n) is 15.3. The molecule has 136 valence electrons. The number of esters is 1. The van der Waals surface area contributed by atoms with E-state index in [4.69, 9.17) is 4.74 Å². The third-order valence-electron chi connectivity index (χ3n) is 4.65. The Kier molecular flexibility index (Phi) is 11.3. The first-order valence-electron chi connectivity index (χ1n) is 9.62. The van der Waals surface area contributed by atoms with Gasteiger partial charge in [0.25, 0.3) is 0 Å². The third-order valence-corrected chi connectivity index (χ3v) is 4.65. The molecule has 0 bridgehead atoms. The van der Waals surface area contributed by atoms with Crippen LogP contribution >= 0.6 is 0 Å². The fraction of sp³-hybridized carbons (Fsp3) is 0.762. The van der Waals surface area contributed by atoms with Gasteiger partial charge in [0.15, 0.2) is 0 Å². The average molecular weight is 334 g/mol. The molecule has 1 aliphatic rings. The number of carbonyl (C=O) groups is 1. The molecule has 24 heavy (non-hydrogen) atoms. The van der Waals surface area contributed by atoms with Crippen LogP contribution in [0, 0.1) is 17.8 Å². The van der Waals surface area contributed by atoms with Gasteiger partial charge in [0.1, 0.15) is 12.2 Å². The average Bonchev–Trinajstić information content (AvgIpc) is 2.81. The van der Waals surface area contributed by atoms with E-state index in [2.05, 4.69) is 18.4 Å². The fourth-order valence-electron chi connectivity index (χ4n) is 3.06. The lowest BCUT2D eigenvalue weighted by molar-refractivity contribution is -0.143. The number of carbonyl (C=O) groups excluding carboxylic acids is 1. The van der Waals surface area contributed by atoms with Crippen LogP contribution in [-0.2, 0) is 9.53 Å². The summed E-state index contributed by atoms with van der Waals surface area (Å²) >= 11 is 0. The van der Waals surface area contributed by atoms with Crippen molar-refractivity contribution >= 4 is 5.97 Å². The molecular weight excluding hydrogens is 300 g/mol. The van der Waals surface area contributed by atoms with E-state index in [9.17, 15) is 9.90 Å². The number of allylic oxidation sites excluding steroid dienone is 1. The van der Waals surface area contributed by atoms with Gasteiger partial charge in [-0.25, -0.2) is 0 Å². The van der Waals surface area contributed by atoms with E-state index in [0.717, 1.165) is 51.4 Å². The molecule has 3 atom stereocenters. The summed E-state index contributed by atoms with van der Waals surface area (Å²) in [5, 5.41) is 9.86. The van der Waals surface area contributed by atoms with Crippen LogP contribution in [0.2, 0.25) is 0 Å². The van der Waals surface area contributed by atoms with E-state index in [0.29, 0.717) is 0 Å². The first-order valence-corrected chi connectivity index (χ1v) is 9.62. The molecule has 1 aliphatic heterocycles. The van der Waals surface area contributed by atoms with E-state index < -0.39 is 6.10 Å². The Balaban J connectivity index is 1.90. The summed E-state index contributed by atoms with van der Waals surface area (Å²) in [5.74, 6) is 5.98. The van der Waals surface area contributed by atoms with Crippen molar-refractivity contribution < 1.29 is 14.6 Å². The second-order valence-corrected chi connectivity index (χ2v) is 6.79. The predicted molar refractivity (Wildman–Crippen MR) is 98.4 cm³/mol. The molecule has 0 radical (unpaired) electrons. The number of cyclic esters (lactones) is 1. The summed E-state index contributed by atoms with van der Waals surface area (Å²) in [7, 11) is 0. The number of ether oxygens (including phenoxy) is 1. The molecule has 0 aromatic carbocycles. The van der Waals surface area contributed by atoms with E-state index >= 15 is 0 Å². The van der Waals surface area contributed by atoms with Crippen LogP contribution in [0.15, 0.2) is 12.7 Å². The second kappa shape index (κ2) is 13.1. The predicted octanol–water partition coefficient (Wildman–Crippen LogP) is 4.78. The lowest BCUT2D eigenvalue weighted by atomic mass is 9.95. The van der Waals surface area contributed by atoms with Crippen molar-refractivity contribution in [1.29, 1.82) is 0 Å². The summed E-state index contributed by atoms with van der Waals surface area (Å²) in [6.45, 7) is 5.48. The number of aliphatic hydroxyl groups excluding tert-OH is 1. The molecule has 0 aromatic heterocycles. The van der Waals surface area contributed by atoms with Gasteiger partial charge >= 0.3 is 5.97 Å². The normalized spacial score (nSPS) is 22.8. The molecule has 1 N–H and O–H groups in total. The maximum Gasteiger partial charge on any atom is 0.312 e. The van der Waals surface area contributed by atoms with Crippen LogP contribution in [0.4, 0.5) is 0 Å². The van der Waals surface area contributed by atoms with Crippen molar-refractivity contribution in [2.45, 2.75) is 96.2 Å². The summed E-state index contributed by atoms with van der Waals surface area (Å²) in [6, 6.07) is 0. The van der Waals surface area contributed by atoms with Gasteiger partial charge in [-0.1, -0.05) is 38.2 Å². The molecule has 3 unspecified atom stereocenters. The standard InChI is InChI=1S/C21H34O3/c1-3-4-5-6-7-8-9-10-11-12-13-14-15-16-17-19-20(22)18(2)24-21(19)23/h3,18-20,22H,1,4-9,12-17H2,2H3. The number of rotatable bonds is 12. The molecule has 1 fully saturated rings. The van der Waals surface area contributed by atoms with Gasteiger partial charge in [-0.3, -0.25) is 4.79 Å². The Morgan fingerprint density at radius 2 is 1.62 bits per heavy atom. The number of hydrogen-bond acceptors (Lipinski definition) is 3. The molecule has 3 nitrogen and oxygen atoms in total. The minimum atomic E-state index is -0.625. The highest BCUT2D eigenvalue weighted by molar-refractivity contribution is 5.75. The van der Waals surface area contributed by atoms with Crippen molar-refractivity contribution in [1.82, 2.24) is 0 Å². The van der Waals surface area contributed by atoms with Gasteiger partial charge in [-0.2, -0.15) is 0 Å². The Labute approximate surface area is 147 Å². The van der Waals surface area contributed by atoms with E-state index in [1.807, 2.05) is 6.08 Å². The van der Waals surface area contributed by atoms with Crippen LogP contribution in [0.1, 0.15) is 84.0 Å². The van der Waals surface area contributed by atoms with Crippen LogP contribution in [0.5, 0.6) is 0 Å². The molecule has 0 amide bonds. The van der Waals surface area contributed by atoms with E-state index in [-0.39, 0.29) is 18.0 Å². The highest BCUT2D eigenvalue weighted by atomic mass is 16.6. The maximum atomic E-state index is 11.6. The second-order valence-electron chi connectivity index (χ2n) is 6.79. The zero-order valence-corrected chi connectivity index (χ0v) is 15.3. The molecule has 0 spiro atoms. The van der Waals surface area contributed by atoms with Gasteiger partial charge in [0.2, 0.25) is 0 Å². The van der Waals surface area contributed by atoms with Crippen molar-refractivity contribution in [2.24, 2.45) is 5.92 Å². The van der Waals surface area contributed by atoms with Crippen LogP contribution < -0.4 is 0 Å². The summed E-state index contributed by atoms with van der Waals surface area (Å²) in [4.78, 5) is 11.6. The van der Waals surface area contributed by atoms with Crippen LogP contribution in [-0.4, -0.2) is 23.3 Å². The highest BCUT2D eigenvalue weighted by Gasteiger charge is 2.40. The maximum absolute atomic E-state index is 11.6. The van der Waals surface area contributed by atoms with Crippen molar-refractivity contribution in [3.8, 4) is 11.8 Å². The van der Waals surface area contributed by atoms with Crippen molar-refractivity contribution in [3.05, 3.63) is 12.7 Å². The molecule has 1 rings (SSSR count). The SMILES string of the molecule is C=CCCCCCCC#CCCCCCCC1C(=O)OC(C)C1O. The zero-order chi connectivity index (χ0) is 17.6. The number of unbranched alkanes of at least 4 members (excludes halogenated alkanes) is 9. The first-order chi connectivity index (χ1) is 11.7. The lowest BCUT2D eigenvalue weighted by Crippen LogP contribution is -2.24. The summed E-state index contributed by atoms with van der Waals surface area (Å²) in [5.41, 5.74) is 0. The van der Waals surface area contributed by atoms with Crippen LogP contribution in [0.25, 0.3) is 0 Å². The molecular formula is C21H34O3. The molecule has 0 saturated carbocycles. The van der Waals surface area contributed by atoms with Crippen molar-refractivity contribution in [2.75, 3.05) is 0 Å². The Bertz CT molecular complexity index is 419. The topological polar surface area (TPSA) is 46.5 Å². The van der Waals surface area contributed by atoms with Gasteiger partial charge in [0.05, 0.1) is 5.92 Å². The smallest absolute Gasteiger partial charge is 0.312 e. The summed E-state index contributed by atoms with van der Waals surface area (Å²) < 4.78 is 5.04. The Morgan fingerprint density at radius 1 is 1.04 bits per heavy atom. The third kappa shape index (κ3) is 8.55. The fourth-order valence-corrected chi connectivity index (χ4v) is 3.06. The number of aliphatic hydroxyl groups is 1. The van der Waals surface area contributed by atoms with Crippen molar-refractivity contribution in [3.63, 3.8) is 0 Å². The van der Waals surface area contributed by atoms with Gasteiger partial charge in [0, 0.05) is 12.8 Å². The largest absolute Gasteiger partial charge is 0.460 e. The Morgan fingerprint density at radius 3 is 2.17 bits per heavy atom. The summed E-state index contributed by atoms with van der Waals surface area (Å²) in [6.07, 6.45) is 14.2. The minimum absolute atomic E-state index is 0.231. The van der Waals surface area contributed by atoms with E-state index in [1.54, 1.807) is 6.92 Å². The molecule has 3 heteroatoms. The molecule has 0 aliphatic carbocycles. The van der Waals surface area contributed by atoms with Gasteiger partial charge in [-0.15, -0.1) is 18.4 Å². The van der Waals surface area contributed by atoms with Gasteiger partial charge < -0.3 is 9.84 Å². The minimum Gasteiger partial charge on any atom is -0.460 e. The van der Waals surface area contributed by atoms with Crippen LogP contribution in [0.3, 0.4) is 0 Å². The molecule has 0 aromatic rings. The quantitative estimate of drug-likeness (QED) is 0.242. The Hall–Kier alpha value is -1.27.